The highest BCUT2D eigenvalue weighted by Crippen LogP contribution is 2.26. The normalized spacial score (nSPS) is 21.8. The first-order chi connectivity index (χ1) is 12.6. The van der Waals surface area contributed by atoms with Gasteiger partial charge in [-0.15, -0.1) is 0 Å². The van der Waals surface area contributed by atoms with Gasteiger partial charge in [-0.05, 0) is 25.7 Å². The maximum atomic E-state index is 12.5. The number of aromatic amines is 1. The van der Waals surface area contributed by atoms with Crippen molar-refractivity contribution in [3.63, 3.8) is 0 Å². The first kappa shape index (κ1) is 17.9. The molecular weight excluding hydrogens is 374 g/mol. The van der Waals surface area contributed by atoms with Crippen LogP contribution in [0.15, 0.2) is 29.1 Å². The van der Waals surface area contributed by atoms with Gasteiger partial charge in [-0.25, -0.2) is 18.4 Å². The van der Waals surface area contributed by atoms with Crippen molar-refractivity contribution in [2.75, 3.05) is 26.2 Å². The predicted octanol–water partition coefficient (Wildman–Crippen LogP) is 1.56. The monoisotopic (exact) mass is 397 g/mol. The van der Waals surface area contributed by atoms with E-state index in [9.17, 15) is 8.42 Å². The number of ether oxygens (including phenoxy) is 1. The summed E-state index contributed by atoms with van der Waals surface area (Å²) in [5, 5.41) is 2.85. The minimum Gasteiger partial charge on any atom is -0.467 e. The van der Waals surface area contributed by atoms with Crippen LogP contribution < -0.4 is 4.74 Å². The molecule has 4 rings (SSSR count). The molecule has 2 aromatic rings. The number of likely N-dealkylation sites (tertiary alicyclic amines) is 1. The van der Waals surface area contributed by atoms with E-state index < -0.39 is 10.0 Å². The Labute approximate surface area is 157 Å². The molecule has 4 heterocycles. The van der Waals surface area contributed by atoms with Gasteiger partial charge in [0.1, 0.15) is 6.10 Å². The number of nitrogens with zero attached hydrogens (tertiary/aromatic N) is 4. The van der Waals surface area contributed by atoms with Gasteiger partial charge in [0.15, 0.2) is 5.03 Å². The van der Waals surface area contributed by atoms with E-state index in [2.05, 4.69) is 19.9 Å². The van der Waals surface area contributed by atoms with Crippen LogP contribution >= 0.6 is 11.3 Å². The standard InChI is InChI=1S/C16H23N5O3S2/c22-26(23,15-11-17-12-19-15)21-8-1-13(2-9-21)20-6-3-14(4-7-20)24-16-18-5-10-25-16/h5,10-14H,1-4,6-9H2,(H,17,19). The Hall–Kier alpha value is -1.49. The Bertz CT molecular complexity index is 778. The minimum absolute atomic E-state index is 0.177. The van der Waals surface area contributed by atoms with Crippen LogP contribution in [0.1, 0.15) is 25.7 Å². The molecule has 0 aromatic carbocycles. The molecule has 2 aliphatic heterocycles. The Morgan fingerprint density at radius 3 is 2.54 bits per heavy atom. The van der Waals surface area contributed by atoms with Crippen molar-refractivity contribution in [3.8, 4) is 5.19 Å². The van der Waals surface area contributed by atoms with Crippen LogP contribution in [-0.2, 0) is 10.0 Å². The van der Waals surface area contributed by atoms with Crippen LogP contribution in [0.5, 0.6) is 5.19 Å². The van der Waals surface area contributed by atoms with E-state index in [0.717, 1.165) is 44.0 Å². The predicted molar refractivity (Wildman–Crippen MR) is 97.7 cm³/mol. The lowest BCUT2D eigenvalue weighted by Gasteiger charge is -2.41. The van der Waals surface area contributed by atoms with Crippen molar-refractivity contribution in [2.45, 2.75) is 42.9 Å². The average molecular weight is 398 g/mol. The van der Waals surface area contributed by atoms with E-state index in [4.69, 9.17) is 4.74 Å². The average Bonchev–Trinajstić information content (AvgIpc) is 3.37. The van der Waals surface area contributed by atoms with Gasteiger partial charge in [0, 0.05) is 43.8 Å². The number of thiazole rings is 1. The number of sulfonamides is 1. The van der Waals surface area contributed by atoms with Gasteiger partial charge in [0.25, 0.3) is 15.2 Å². The second-order valence-corrected chi connectivity index (χ2v) is 9.47. The maximum Gasteiger partial charge on any atom is 0.273 e. The largest absolute Gasteiger partial charge is 0.467 e. The molecule has 142 valence electrons. The van der Waals surface area contributed by atoms with Gasteiger partial charge in [-0.1, -0.05) is 11.3 Å². The molecule has 0 amide bonds. The van der Waals surface area contributed by atoms with Crippen LogP contribution in [0, 0.1) is 0 Å². The number of nitrogens with one attached hydrogen (secondary N) is 1. The van der Waals surface area contributed by atoms with Crippen LogP contribution in [0.2, 0.25) is 0 Å². The van der Waals surface area contributed by atoms with E-state index in [0.29, 0.717) is 19.1 Å². The highest BCUT2D eigenvalue weighted by molar-refractivity contribution is 7.89. The highest BCUT2D eigenvalue weighted by atomic mass is 32.2. The lowest BCUT2D eigenvalue weighted by Crippen LogP contribution is -2.50. The Morgan fingerprint density at radius 2 is 1.92 bits per heavy atom. The van der Waals surface area contributed by atoms with E-state index in [1.54, 1.807) is 10.5 Å². The summed E-state index contributed by atoms with van der Waals surface area (Å²) in [6.07, 6.45) is 8.49. The molecule has 2 aromatic heterocycles. The summed E-state index contributed by atoms with van der Waals surface area (Å²) in [6, 6.07) is 0.448. The van der Waals surface area contributed by atoms with Crippen molar-refractivity contribution in [3.05, 3.63) is 24.1 Å². The summed E-state index contributed by atoms with van der Waals surface area (Å²) in [4.78, 5) is 13.2. The highest BCUT2D eigenvalue weighted by Gasteiger charge is 2.34. The quantitative estimate of drug-likeness (QED) is 0.823. The molecular formula is C16H23N5O3S2. The van der Waals surface area contributed by atoms with Gasteiger partial charge >= 0.3 is 0 Å². The van der Waals surface area contributed by atoms with Gasteiger partial charge in [0.2, 0.25) is 0 Å². The summed E-state index contributed by atoms with van der Waals surface area (Å²) in [7, 11) is -3.44. The fourth-order valence-electron chi connectivity index (χ4n) is 3.74. The topological polar surface area (TPSA) is 91.4 Å². The SMILES string of the molecule is O=S(=O)(c1cnc[nH]1)N1CCC(N2CCC(Oc3nccs3)CC2)CC1. The lowest BCUT2D eigenvalue weighted by molar-refractivity contribution is 0.0584. The Balaban J connectivity index is 1.27. The third kappa shape index (κ3) is 3.78. The van der Waals surface area contributed by atoms with Gasteiger partial charge in [0.05, 0.1) is 12.5 Å². The van der Waals surface area contributed by atoms with E-state index in [-0.39, 0.29) is 11.1 Å². The van der Waals surface area contributed by atoms with E-state index >= 15 is 0 Å². The molecule has 0 aliphatic carbocycles. The molecule has 0 unspecified atom stereocenters. The summed E-state index contributed by atoms with van der Waals surface area (Å²) in [5.41, 5.74) is 0. The fourth-order valence-corrected chi connectivity index (χ4v) is 5.66. The molecule has 0 atom stereocenters. The molecule has 10 heteroatoms. The molecule has 1 N–H and O–H groups in total. The number of hydrogen-bond donors (Lipinski definition) is 1. The second-order valence-electron chi connectivity index (χ2n) is 6.70. The third-order valence-corrected chi connectivity index (χ3v) is 7.67. The van der Waals surface area contributed by atoms with Crippen molar-refractivity contribution < 1.29 is 13.2 Å². The summed E-state index contributed by atoms with van der Waals surface area (Å²) < 4.78 is 32.6. The number of piperidine rings is 2. The second kappa shape index (κ2) is 7.63. The number of imidazole rings is 1. The number of hydrogen-bond acceptors (Lipinski definition) is 7. The molecule has 0 radical (unpaired) electrons. The first-order valence-electron chi connectivity index (χ1n) is 8.91. The Kier molecular flexibility index (Phi) is 5.25. The summed E-state index contributed by atoms with van der Waals surface area (Å²) in [6.45, 7) is 3.10. The van der Waals surface area contributed by atoms with Crippen LogP contribution in [0.3, 0.4) is 0 Å². The number of aromatic nitrogens is 3. The van der Waals surface area contributed by atoms with Crippen molar-refractivity contribution in [2.24, 2.45) is 0 Å². The molecule has 0 bridgehead atoms. The first-order valence-corrected chi connectivity index (χ1v) is 11.2. The van der Waals surface area contributed by atoms with Crippen molar-refractivity contribution >= 4 is 21.4 Å². The number of H-pyrrole nitrogens is 1. The summed E-state index contributed by atoms with van der Waals surface area (Å²) >= 11 is 1.53. The molecule has 0 spiro atoms. The lowest BCUT2D eigenvalue weighted by atomic mass is 10.00. The molecule has 26 heavy (non-hydrogen) atoms. The Morgan fingerprint density at radius 1 is 1.15 bits per heavy atom. The number of rotatable bonds is 5. The fraction of sp³-hybridized carbons (Fsp3) is 0.625. The van der Waals surface area contributed by atoms with E-state index in [1.807, 2.05) is 5.38 Å². The minimum atomic E-state index is -3.44. The van der Waals surface area contributed by atoms with E-state index in [1.165, 1.54) is 23.9 Å². The zero-order valence-electron chi connectivity index (χ0n) is 14.5. The van der Waals surface area contributed by atoms with Crippen molar-refractivity contribution in [1.82, 2.24) is 24.2 Å². The third-order valence-electron chi connectivity index (χ3n) is 5.18. The maximum absolute atomic E-state index is 12.5. The van der Waals surface area contributed by atoms with Crippen LogP contribution in [-0.4, -0.2) is 70.9 Å². The van der Waals surface area contributed by atoms with Crippen molar-refractivity contribution in [1.29, 1.82) is 0 Å². The molecule has 8 nitrogen and oxygen atoms in total. The zero-order valence-corrected chi connectivity index (χ0v) is 16.1. The zero-order chi connectivity index (χ0) is 18.0. The van der Waals surface area contributed by atoms with Gasteiger partial charge < -0.3 is 14.6 Å². The van der Waals surface area contributed by atoms with Gasteiger partial charge in [-0.3, -0.25) is 0 Å². The summed E-state index contributed by atoms with van der Waals surface area (Å²) in [5.74, 6) is 0. The molecule has 0 saturated carbocycles. The van der Waals surface area contributed by atoms with Gasteiger partial charge in [-0.2, -0.15) is 4.31 Å². The molecule has 2 saturated heterocycles. The van der Waals surface area contributed by atoms with Crippen LogP contribution in [0.25, 0.3) is 0 Å². The molecule has 2 fully saturated rings. The molecule has 2 aliphatic rings. The van der Waals surface area contributed by atoms with Crippen LogP contribution in [0.4, 0.5) is 0 Å². The smallest absolute Gasteiger partial charge is 0.273 e.